The van der Waals surface area contributed by atoms with Crippen molar-refractivity contribution in [3.8, 4) is 5.75 Å². The summed E-state index contributed by atoms with van der Waals surface area (Å²) in [6.45, 7) is 7.71. The molecular weight excluding hydrogens is 250 g/mol. The largest absolute Gasteiger partial charge is 0.507 e. The summed E-state index contributed by atoms with van der Waals surface area (Å²) in [6, 6.07) is 3.29. The molecular formula is C14H24ClNO2. The van der Waals surface area contributed by atoms with Crippen molar-refractivity contribution in [2.75, 3.05) is 0 Å². The Morgan fingerprint density at radius 2 is 1.67 bits per heavy atom. The molecule has 4 N–H and O–H groups in total. The highest BCUT2D eigenvalue weighted by atomic mass is 35.5. The molecule has 4 heteroatoms. The van der Waals surface area contributed by atoms with Crippen LogP contribution in [0.15, 0.2) is 12.1 Å². The van der Waals surface area contributed by atoms with E-state index in [9.17, 15) is 10.2 Å². The first kappa shape index (κ1) is 17.2. The van der Waals surface area contributed by atoms with Gasteiger partial charge in [0.05, 0.1) is 12.1 Å². The lowest BCUT2D eigenvalue weighted by molar-refractivity contribution is 0.0879. The van der Waals surface area contributed by atoms with Crippen LogP contribution in [0, 0.1) is 19.8 Å². The molecule has 3 nitrogen and oxygen atoms in total. The Bertz CT molecular complexity index is 372. The third kappa shape index (κ3) is 3.61. The molecule has 0 saturated carbocycles. The third-order valence-electron chi connectivity index (χ3n) is 3.49. The van der Waals surface area contributed by atoms with Crippen molar-refractivity contribution in [2.24, 2.45) is 11.7 Å². The van der Waals surface area contributed by atoms with Gasteiger partial charge in [-0.25, -0.2) is 0 Å². The first-order chi connectivity index (χ1) is 7.88. The van der Waals surface area contributed by atoms with Gasteiger partial charge in [0.1, 0.15) is 5.75 Å². The number of nitrogens with two attached hydrogens (primary N) is 1. The number of phenols is 1. The van der Waals surface area contributed by atoms with Crippen LogP contribution >= 0.6 is 12.4 Å². The van der Waals surface area contributed by atoms with Crippen molar-refractivity contribution in [2.45, 2.75) is 46.3 Å². The number of aliphatic hydroxyl groups is 1. The van der Waals surface area contributed by atoms with Crippen LogP contribution in [0.4, 0.5) is 0 Å². The molecule has 1 aromatic rings. The fourth-order valence-corrected chi connectivity index (χ4v) is 1.97. The normalized spacial score (nSPS) is 15.7. The van der Waals surface area contributed by atoms with Gasteiger partial charge in [-0.2, -0.15) is 0 Å². The van der Waals surface area contributed by atoms with E-state index in [1.54, 1.807) is 0 Å². The Morgan fingerprint density at radius 3 is 2.06 bits per heavy atom. The van der Waals surface area contributed by atoms with Gasteiger partial charge in [0.15, 0.2) is 0 Å². The fraction of sp³-hybridized carbons (Fsp3) is 0.571. The fourth-order valence-electron chi connectivity index (χ4n) is 1.97. The van der Waals surface area contributed by atoms with Gasteiger partial charge in [0.2, 0.25) is 0 Å². The molecule has 0 saturated heterocycles. The molecule has 0 amide bonds. The van der Waals surface area contributed by atoms with Gasteiger partial charge in [-0.1, -0.05) is 32.4 Å². The van der Waals surface area contributed by atoms with Gasteiger partial charge in [0.25, 0.3) is 0 Å². The predicted molar refractivity (Wildman–Crippen MR) is 77.2 cm³/mol. The third-order valence-corrected chi connectivity index (χ3v) is 3.49. The van der Waals surface area contributed by atoms with Crippen molar-refractivity contribution in [3.05, 3.63) is 28.8 Å². The molecule has 3 atom stereocenters. The van der Waals surface area contributed by atoms with Crippen molar-refractivity contribution >= 4 is 12.4 Å². The van der Waals surface area contributed by atoms with E-state index < -0.39 is 12.1 Å². The van der Waals surface area contributed by atoms with Crippen molar-refractivity contribution in [3.63, 3.8) is 0 Å². The molecule has 1 unspecified atom stereocenters. The van der Waals surface area contributed by atoms with E-state index >= 15 is 0 Å². The Hall–Kier alpha value is -0.770. The SMILES string of the molecule is CCC(C)[C@@H](O)[C@@H](N)c1cc(C)c(O)c(C)c1.Cl. The zero-order chi connectivity index (χ0) is 13.2. The van der Waals surface area contributed by atoms with Gasteiger partial charge in [-0.3, -0.25) is 0 Å². The number of rotatable bonds is 4. The molecule has 0 aliphatic heterocycles. The number of aliphatic hydroxyl groups excluding tert-OH is 1. The van der Waals surface area contributed by atoms with Crippen LogP contribution in [-0.4, -0.2) is 16.3 Å². The summed E-state index contributed by atoms with van der Waals surface area (Å²) in [7, 11) is 0. The smallest absolute Gasteiger partial charge is 0.121 e. The number of halogens is 1. The molecule has 0 radical (unpaired) electrons. The van der Waals surface area contributed by atoms with Gasteiger partial charge in [-0.15, -0.1) is 12.4 Å². The second kappa shape index (κ2) is 6.98. The standard InChI is InChI=1S/C14H23NO2.ClH/c1-5-8(2)14(17)12(15)11-6-9(3)13(16)10(4)7-11;/h6-8,12,14,16-17H,5,15H2,1-4H3;1H/t8?,12-,14+;/m0./s1. The van der Waals surface area contributed by atoms with Crippen LogP contribution < -0.4 is 5.73 Å². The minimum Gasteiger partial charge on any atom is -0.507 e. The lowest BCUT2D eigenvalue weighted by Crippen LogP contribution is -2.31. The minimum absolute atomic E-state index is 0. The molecule has 0 spiro atoms. The molecule has 0 heterocycles. The summed E-state index contributed by atoms with van der Waals surface area (Å²) in [5, 5.41) is 19.8. The maximum absolute atomic E-state index is 10.1. The van der Waals surface area contributed by atoms with Crippen molar-refractivity contribution < 1.29 is 10.2 Å². The maximum Gasteiger partial charge on any atom is 0.121 e. The molecule has 104 valence electrons. The highest BCUT2D eigenvalue weighted by molar-refractivity contribution is 5.85. The van der Waals surface area contributed by atoms with E-state index in [4.69, 9.17) is 5.73 Å². The van der Waals surface area contributed by atoms with Gasteiger partial charge in [-0.05, 0) is 36.5 Å². The highest BCUT2D eigenvalue weighted by Gasteiger charge is 2.22. The van der Waals surface area contributed by atoms with E-state index in [1.165, 1.54) is 0 Å². The average Bonchev–Trinajstić information content (AvgIpc) is 2.32. The van der Waals surface area contributed by atoms with Crippen LogP contribution in [0.2, 0.25) is 0 Å². The van der Waals surface area contributed by atoms with Crippen LogP contribution in [0.1, 0.15) is 43.0 Å². The lowest BCUT2D eigenvalue weighted by atomic mass is 9.90. The Morgan fingerprint density at radius 1 is 1.22 bits per heavy atom. The molecule has 0 fully saturated rings. The Labute approximate surface area is 115 Å². The van der Waals surface area contributed by atoms with E-state index in [1.807, 2.05) is 39.8 Å². The molecule has 1 rings (SSSR count). The number of phenolic OH excluding ortho intramolecular Hbond substituents is 1. The molecule has 0 bridgehead atoms. The Balaban J connectivity index is 0.00000289. The van der Waals surface area contributed by atoms with E-state index in [0.717, 1.165) is 23.1 Å². The zero-order valence-electron chi connectivity index (χ0n) is 11.5. The summed E-state index contributed by atoms with van der Waals surface area (Å²) < 4.78 is 0. The summed E-state index contributed by atoms with van der Waals surface area (Å²) in [6.07, 6.45) is 0.341. The van der Waals surface area contributed by atoms with Gasteiger partial charge in [0, 0.05) is 0 Å². The molecule has 1 aromatic carbocycles. The zero-order valence-corrected chi connectivity index (χ0v) is 12.3. The van der Waals surface area contributed by atoms with Crippen LogP contribution in [0.5, 0.6) is 5.75 Å². The highest BCUT2D eigenvalue weighted by Crippen LogP contribution is 2.28. The number of hydrogen-bond acceptors (Lipinski definition) is 3. The molecule has 0 aliphatic rings. The average molecular weight is 274 g/mol. The second-order valence-corrected chi connectivity index (χ2v) is 4.91. The van der Waals surface area contributed by atoms with E-state index in [-0.39, 0.29) is 18.3 Å². The quantitative estimate of drug-likeness (QED) is 0.790. The van der Waals surface area contributed by atoms with Crippen LogP contribution in [0.25, 0.3) is 0 Å². The maximum atomic E-state index is 10.1. The summed E-state index contributed by atoms with van der Waals surface area (Å²) in [4.78, 5) is 0. The minimum atomic E-state index is -0.552. The number of benzene rings is 1. The molecule has 18 heavy (non-hydrogen) atoms. The monoisotopic (exact) mass is 273 g/mol. The number of hydrogen-bond donors (Lipinski definition) is 3. The summed E-state index contributed by atoms with van der Waals surface area (Å²) >= 11 is 0. The number of aromatic hydroxyl groups is 1. The first-order valence-electron chi connectivity index (χ1n) is 6.12. The topological polar surface area (TPSA) is 66.5 Å². The summed E-state index contributed by atoms with van der Waals surface area (Å²) in [5.41, 5.74) is 8.55. The van der Waals surface area contributed by atoms with Crippen LogP contribution in [-0.2, 0) is 0 Å². The van der Waals surface area contributed by atoms with Gasteiger partial charge >= 0.3 is 0 Å². The Kier molecular flexibility index (Phi) is 6.68. The molecule has 0 aliphatic carbocycles. The first-order valence-corrected chi connectivity index (χ1v) is 6.12. The second-order valence-electron chi connectivity index (χ2n) is 4.91. The van der Waals surface area contributed by atoms with Crippen LogP contribution in [0.3, 0.4) is 0 Å². The van der Waals surface area contributed by atoms with E-state index in [0.29, 0.717) is 5.75 Å². The molecule has 0 aromatic heterocycles. The lowest BCUT2D eigenvalue weighted by Gasteiger charge is -2.25. The van der Waals surface area contributed by atoms with E-state index in [2.05, 4.69) is 0 Å². The predicted octanol–water partition coefficient (Wildman–Crippen LogP) is 2.84. The van der Waals surface area contributed by atoms with Crippen molar-refractivity contribution in [1.82, 2.24) is 0 Å². The summed E-state index contributed by atoms with van der Waals surface area (Å²) in [5.74, 6) is 0.471. The van der Waals surface area contributed by atoms with Gasteiger partial charge < -0.3 is 15.9 Å². The number of aryl methyl sites for hydroxylation is 2. The van der Waals surface area contributed by atoms with Crippen molar-refractivity contribution in [1.29, 1.82) is 0 Å².